The number of nitrogens with zero attached hydrogens (tertiary/aromatic N) is 1. The molecule has 0 saturated carbocycles. The van der Waals surface area contributed by atoms with E-state index in [4.69, 9.17) is 9.84 Å². The van der Waals surface area contributed by atoms with Crippen molar-refractivity contribution < 1.29 is 19.6 Å². The van der Waals surface area contributed by atoms with Gasteiger partial charge in [0.15, 0.2) is 0 Å². The van der Waals surface area contributed by atoms with E-state index in [1.54, 1.807) is 12.1 Å². The van der Waals surface area contributed by atoms with Crippen molar-refractivity contribution in [2.75, 3.05) is 0 Å². The highest BCUT2D eigenvalue weighted by Crippen LogP contribution is 2.24. The molecule has 0 fully saturated rings. The summed E-state index contributed by atoms with van der Waals surface area (Å²) in [6, 6.07) is 11.4. The van der Waals surface area contributed by atoms with Gasteiger partial charge in [0.25, 0.3) is 5.69 Å². The van der Waals surface area contributed by atoms with Crippen LogP contribution in [-0.4, -0.2) is 16.0 Å². The Hall–Kier alpha value is -2.89. The van der Waals surface area contributed by atoms with E-state index in [9.17, 15) is 14.9 Å². The van der Waals surface area contributed by atoms with Crippen molar-refractivity contribution in [3.05, 3.63) is 69.3 Å². The smallest absolute Gasteiger partial charge is 0.343 e. The van der Waals surface area contributed by atoms with Crippen LogP contribution in [-0.2, 0) is 6.61 Å². The Kier molecular flexibility index (Phi) is 4.18. The molecule has 0 unspecified atom stereocenters. The first-order chi connectivity index (χ1) is 9.99. The van der Waals surface area contributed by atoms with Gasteiger partial charge in [-0.25, -0.2) is 4.79 Å². The molecule has 0 amide bonds. The topological polar surface area (TPSA) is 89.7 Å². The van der Waals surface area contributed by atoms with Gasteiger partial charge in [0, 0.05) is 11.6 Å². The summed E-state index contributed by atoms with van der Waals surface area (Å²) in [5, 5.41) is 20.1. The SMILES string of the molecule is Cc1ccc(OCc2cccc([N+](=O)[O-])c2C(=O)O)cc1. The van der Waals surface area contributed by atoms with E-state index in [1.807, 2.05) is 19.1 Å². The maximum atomic E-state index is 11.2. The summed E-state index contributed by atoms with van der Waals surface area (Å²) in [6.45, 7) is 1.89. The third-order valence-corrected chi connectivity index (χ3v) is 2.95. The van der Waals surface area contributed by atoms with Crippen LogP contribution < -0.4 is 4.74 Å². The predicted molar refractivity (Wildman–Crippen MR) is 75.6 cm³/mol. The molecule has 6 nitrogen and oxygen atoms in total. The summed E-state index contributed by atoms with van der Waals surface area (Å²) in [7, 11) is 0. The zero-order chi connectivity index (χ0) is 15.4. The van der Waals surface area contributed by atoms with E-state index in [-0.39, 0.29) is 17.7 Å². The van der Waals surface area contributed by atoms with Crippen molar-refractivity contribution in [2.45, 2.75) is 13.5 Å². The van der Waals surface area contributed by atoms with Crippen molar-refractivity contribution in [3.63, 3.8) is 0 Å². The third-order valence-electron chi connectivity index (χ3n) is 2.95. The van der Waals surface area contributed by atoms with E-state index >= 15 is 0 Å². The van der Waals surface area contributed by atoms with Crippen LogP contribution in [0.3, 0.4) is 0 Å². The standard InChI is InChI=1S/C15H13NO5/c1-10-5-7-12(8-6-10)21-9-11-3-2-4-13(16(19)20)14(11)15(17)18/h2-8H,9H2,1H3,(H,17,18). The second-order valence-corrected chi connectivity index (χ2v) is 4.48. The number of carboxylic acid groups (broad SMARTS) is 1. The van der Waals surface area contributed by atoms with Crippen LogP contribution in [0.15, 0.2) is 42.5 Å². The Morgan fingerprint density at radius 1 is 1.24 bits per heavy atom. The number of rotatable bonds is 5. The fraction of sp³-hybridized carbons (Fsp3) is 0.133. The van der Waals surface area contributed by atoms with E-state index in [0.29, 0.717) is 5.75 Å². The van der Waals surface area contributed by atoms with Crippen LogP contribution in [0.25, 0.3) is 0 Å². The maximum Gasteiger partial charge on any atom is 0.343 e. The van der Waals surface area contributed by atoms with Gasteiger partial charge in [0.2, 0.25) is 0 Å². The molecule has 0 bridgehead atoms. The monoisotopic (exact) mass is 287 g/mol. The zero-order valence-electron chi connectivity index (χ0n) is 11.3. The molecule has 0 aromatic heterocycles. The molecule has 2 rings (SSSR count). The van der Waals surface area contributed by atoms with Gasteiger partial charge in [-0.1, -0.05) is 29.8 Å². The van der Waals surface area contributed by atoms with E-state index < -0.39 is 16.6 Å². The van der Waals surface area contributed by atoms with Gasteiger partial charge < -0.3 is 9.84 Å². The number of nitro benzene ring substituents is 1. The lowest BCUT2D eigenvalue weighted by Gasteiger charge is -2.09. The van der Waals surface area contributed by atoms with E-state index in [2.05, 4.69) is 0 Å². The molecule has 2 aromatic rings. The molecular weight excluding hydrogens is 274 g/mol. The van der Waals surface area contributed by atoms with Gasteiger partial charge in [0.05, 0.1) is 4.92 Å². The molecule has 2 aromatic carbocycles. The lowest BCUT2D eigenvalue weighted by molar-refractivity contribution is -0.385. The van der Waals surface area contributed by atoms with Gasteiger partial charge in [-0.2, -0.15) is 0 Å². The molecular formula is C15H13NO5. The van der Waals surface area contributed by atoms with Crippen molar-refractivity contribution in [2.24, 2.45) is 0 Å². The zero-order valence-corrected chi connectivity index (χ0v) is 11.3. The quantitative estimate of drug-likeness (QED) is 0.673. The number of benzene rings is 2. The highest BCUT2D eigenvalue weighted by atomic mass is 16.6. The average Bonchev–Trinajstić information content (AvgIpc) is 2.46. The Morgan fingerprint density at radius 3 is 2.48 bits per heavy atom. The Bertz CT molecular complexity index is 679. The van der Waals surface area contributed by atoms with Gasteiger partial charge in [-0.3, -0.25) is 10.1 Å². The number of nitro groups is 1. The van der Waals surface area contributed by atoms with Crippen LogP contribution in [0.1, 0.15) is 21.5 Å². The Balaban J connectivity index is 2.27. The van der Waals surface area contributed by atoms with Crippen molar-refractivity contribution in [1.82, 2.24) is 0 Å². The van der Waals surface area contributed by atoms with Gasteiger partial charge in [-0.15, -0.1) is 0 Å². The first-order valence-corrected chi connectivity index (χ1v) is 6.18. The van der Waals surface area contributed by atoms with Crippen LogP contribution in [0, 0.1) is 17.0 Å². The summed E-state index contributed by atoms with van der Waals surface area (Å²) >= 11 is 0. The first kappa shape index (κ1) is 14.5. The molecule has 0 spiro atoms. The summed E-state index contributed by atoms with van der Waals surface area (Å²) in [6.07, 6.45) is 0. The van der Waals surface area contributed by atoms with E-state index in [0.717, 1.165) is 5.56 Å². The summed E-state index contributed by atoms with van der Waals surface area (Å²) in [5.74, 6) is -0.770. The second-order valence-electron chi connectivity index (χ2n) is 4.48. The van der Waals surface area contributed by atoms with Crippen molar-refractivity contribution in [1.29, 1.82) is 0 Å². The number of hydrogen-bond donors (Lipinski definition) is 1. The minimum atomic E-state index is -1.34. The van der Waals surface area contributed by atoms with Gasteiger partial charge in [0.1, 0.15) is 17.9 Å². The second kappa shape index (κ2) is 6.04. The summed E-state index contributed by atoms with van der Waals surface area (Å²) < 4.78 is 5.49. The number of hydrogen-bond acceptors (Lipinski definition) is 4. The molecule has 21 heavy (non-hydrogen) atoms. The number of carboxylic acids is 1. The number of aryl methyl sites for hydroxylation is 1. The number of carbonyl (C=O) groups is 1. The molecule has 0 radical (unpaired) electrons. The predicted octanol–water partition coefficient (Wildman–Crippen LogP) is 3.18. The highest BCUT2D eigenvalue weighted by Gasteiger charge is 2.23. The fourth-order valence-corrected chi connectivity index (χ4v) is 1.90. The molecule has 1 N–H and O–H groups in total. The lowest BCUT2D eigenvalue weighted by atomic mass is 10.1. The third kappa shape index (κ3) is 3.36. The van der Waals surface area contributed by atoms with Crippen LogP contribution in [0.4, 0.5) is 5.69 Å². The van der Waals surface area contributed by atoms with Crippen LogP contribution in [0.2, 0.25) is 0 Å². The molecule has 108 valence electrons. The molecule has 0 heterocycles. The maximum absolute atomic E-state index is 11.2. The van der Waals surface area contributed by atoms with Crippen molar-refractivity contribution in [3.8, 4) is 5.75 Å². The average molecular weight is 287 g/mol. The normalized spacial score (nSPS) is 10.1. The van der Waals surface area contributed by atoms with Crippen LogP contribution in [0.5, 0.6) is 5.75 Å². The largest absolute Gasteiger partial charge is 0.489 e. The lowest BCUT2D eigenvalue weighted by Crippen LogP contribution is -2.09. The molecule has 0 aliphatic rings. The highest BCUT2D eigenvalue weighted by molar-refractivity contribution is 5.94. The molecule has 6 heteroatoms. The molecule has 0 aliphatic carbocycles. The van der Waals surface area contributed by atoms with Crippen LogP contribution >= 0.6 is 0 Å². The fourth-order valence-electron chi connectivity index (χ4n) is 1.90. The minimum absolute atomic E-state index is 0.0492. The first-order valence-electron chi connectivity index (χ1n) is 6.18. The Morgan fingerprint density at radius 2 is 1.90 bits per heavy atom. The number of aromatic carboxylic acids is 1. The molecule has 0 saturated heterocycles. The summed E-state index contributed by atoms with van der Waals surface area (Å²) in [4.78, 5) is 21.4. The van der Waals surface area contributed by atoms with Crippen molar-refractivity contribution >= 4 is 11.7 Å². The Labute approximate surface area is 120 Å². The molecule has 0 aliphatic heterocycles. The van der Waals surface area contributed by atoms with E-state index in [1.165, 1.54) is 18.2 Å². The minimum Gasteiger partial charge on any atom is -0.489 e. The summed E-state index contributed by atoms with van der Waals surface area (Å²) in [5.41, 5.74) is 0.559. The van der Waals surface area contributed by atoms with Gasteiger partial charge >= 0.3 is 5.97 Å². The van der Waals surface area contributed by atoms with Gasteiger partial charge in [-0.05, 0) is 19.1 Å². The number of ether oxygens (including phenoxy) is 1. The molecule has 0 atom stereocenters.